The van der Waals surface area contributed by atoms with Gasteiger partial charge in [0.25, 0.3) is 5.91 Å². The molecular weight excluding hydrogens is 394 g/mol. The topological polar surface area (TPSA) is 73.6 Å². The summed E-state index contributed by atoms with van der Waals surface area (Å²) in [5, 5.41) is 8.60. The quantitative estimate of drug-likeness (QED) is 0.598. The number of aromatic nitrogens is 3. The molecule has 8 nitrogen and oxygen atoms in total. The van der Waals surface area contributed by atoms with Gasteiger partial charge in [0, 0.05) is 69.0 Å². The van der Waals surface area contributed by atoms with Gasteiger partial charge in [0.15, 0.2) is 5.69 Å². The molecule has 0 atom stereocenters. The zero-order chi connectivity index (χ0) is 21.8. The van der Waals surface area contributed by atoms with Gasteiger partial charge in [-0.1, -0.05) is 6.07 Å². The van der Waals surface area contributed by atoms with E-state index in [-0.39, 0.29) is 5.91 Å². The number of amides is 1. The maximum absolute atomic E-state index is 12.6. The first kappa shape index (κ1) is 21.5. The van der Waals surface area contributed by atoms with Gasteiger partial charge in [-0.2, -0.15) is 5.10 Å². The largest absolute Gasteiger partial charge is 0.383 e. The van der Waals surface area contributed by atoms with Crippen molar-refractivity contribution >= 4 is 16.8 Å². The van der Waals surface area contributed by atoms with Gasteiger partial charge in [-0.15, -0.1) is 0 Å². The van der Waals surface area contributed by atoms with E-state index in [1.165, 1.54) is 16.6 Å². The third kappa shape index (κ3) is 4.81. The normalized spacial score (nSPS) is 14.9. The van der Waals surface area contributed by atoms with Crippen LogP contribution in [-0.4, -0.2) is 78.3 Å². The molecule has 1 aliphatic heterocycles. The summed E-state index contributed by atoms with van der Waals surface area (Å²) in [6.45, 7) is 8.39. The minimum Gasteiger partial charge on any atom is -0.383 e. The summed E-state index contributed by atoms with van der Waals surface area (Å²) in [5.74, 6) is -0.141. The molecule has 4 rings (SSSR count). The molecule has 3 aromatic rings. The molecule has 166 valence electrons. The number of fused-ring (bicyclic) bond motifs is 1. The fraction of sp³-hybridized carbons (Fsp3) is 0.478. The van der Waals surface area contributed by atoms with Crippen molar-refractivity contribution in [3.8, 4) is 11.3 Å². The lowest BCUT2D eigenvalue weighted by Gasteiger charge is -2.26. The molecule has 31 heavy (non-hydrogen) atoms. The van der Waals surface area contributed by atoms with Crippen LogP contribution in [0, 0.1) is 6.92 Å². The van der Waals surface area contributed by atoms with Crippen molar-refractivity contribution in [2.24, 2.45) is 7.05 Å². The molecule has 3 heterocycles. The van der Waals surface area contributed by atoms with Gasteiger partial charge in [0.05, 0.1) is 25.5 Å². The highest BCUT2D eigenvalue weighted by Crippen LogP contribution is 2.27. The van der Waals surface area contributed by atoms with Gasteiger partial charge in [-0.05, 0) is 31.2 Å². The minimum absolute atomic E-state index is 0.141. The van der Waals surface area contributed by atoms with E-state index in [9.17, 15) is 4.79 Å². The summed E-state index contributed by atoms with van der Waals surface area (Å²) in [6.07, 6.45) is 0. The van der Waals surface area contributed by atoms with Gasteiger partial charge >= 0.3 is 0 Å². The Balaban J connectivity index is 1.46. The molecule has 1 N–H and O–H groups in total. The number of nitrogens with zero attached hydrogens (tertiary/aromatic N) is 4. The molecule has 0 radical (unpaired) electrons. The van der Waals surface area contributed by atoms with E-state index in [0.29, 0.717) is 18.8 Å². The van der Waals surface area contributed by atoms with Crippen LogP contribution in [0.1, 0.15) is 16.2 Å². The molecule has 1 fully saturated rings. The van der Waals surface area contributed by atoms with Gasteiger partial charge < -0.3 is 19.4 Å². The minimum atomic E-state index is -0.141. The van der Waals surface area contributed by atoms with Gasteiger partial charge in [-0.3, -0.25) is 14.4 Å². The molecule has 0 saturated carbocycles. The zero-order valence-corrected chi connectivity index (χ0v) is 18.6. The van der Waals surface area contributed by atoms with Crippen molar-refractivity contribution in [1.82, 2.24) is 24.6 Å². The second kappa shape index (κ2) is 9.64. The van der Waals surface area contributed by atoms with Crippen LogP contribution >= 0.6 is 0 Å². The van der Waals surface area contributed by atoms with Crippen LogP contribution in [0.3, 0.4) is 0 Å². The maximum Gasteiger partial charge on any atom is 0.271 e. The van der Waals surface area contributed by atoms with Crippen molar-refractivity contribution in [1.29, 1.82) is 0 Å². The highest BCUT2D eigenvalue weighted by Gasteiger charge is 2.16. The molecule has 8 heteroatoms. The average Bonchev–Trinajstić information content (AvgIpc) is 3.31. The average molecular weight is 426 g/mol. The Morgan fingerprint density at radius 1 is 1.19 bits per heavy atom. The van der Waals surface area contributed by atoms with Gasteiger partial charge in [0.1, 0.15) is 0 Å². The van der Waals surface area contributed by atoms with E-state index in [4.69, 9.17) is 9.47 Å². The van der Waals surface area contributed by atoms with Crippen LogP contribution in [-0.2, 0) is 23.1 Å². The first-order chi connectivity index (χ1) is 15.1. The van der Waals surface area contributed by atoms with Crippen LogP contribution in [0.4, 0.5) is 0 Å². The highest BCUT2D eigenvalue weighted by molar-refractivity contribution is 5.94. The third-order valence-electron chi connectivity index (χ3n) is 5.85. The van der Waals surface area contributed by atoms with Crippen LogP contribution in [0.5, 0.6) is 0 Å². The molecule has 1 saturated heterocycles. The SMILES string of the molecule is COCCn1c(C)cc2cc(-c3cc(C(=O)NCCN4CCOCC4)nn3C)ccc21. The predicted molar refractivity (Wildman–Crippen MR) is 120 cm³/mol. The number of nitrogens with one attached hydrogen (secondary N) is 1. The number of ether oxygens (including phenoxy) is 2. The summed E-state index contributed by atoms with van der Waals surface area (Å²) >= 11 is 0. The van der Waals surface area contributed by atoms with E-state index in [2.05, 4.69) is 51.1 Å². The number of morpholine rings is 1. The summed E-state index contributed by atoms with van der Waals surface area (Å²) in [6, 6.07) is 10.4. The number of rotatable bonds is 8. The summed E-state index contributed by atoms with van der Waals surface area (Å²) in [7, 11) is 3.59. The van der Waals surface area contributed by atoms with Crippen LogP contribution < -0.4 is 5.32 Å². The van der Waals surface area contributed by atoms with E-state index in [0.717, 1.165) is 50.7 Å². The Hall–Kier alpha value is -2.68. The lowest BCUT2D eigenvalue weighted by Crippen LogP contribution is -2.41. The van der Waals surface area contributed by atoms with E-state index in [1.54, 1.807) is 11.8 Å². The molecule has 0 unspecified atom stereocenters. The van der Waals surface area contributed by atoms with Crippen molar-refractivity contribution < 1.29 is 14.3 Å². The number of carbonyl (C=O) groups is 1. The van der Waals surface area contributed by atoms with Crippen molar-refractivity contribution in [3.05, 3.63) is 41.7 Å². The first-order valence-corrected chi connectivity index (χ1v) is 10.8. The lowest BCUT2D eigenvalue weighted by atomic mass is 10.1. The smallest absolute Gasteiger partial charge is 0.271 e. The summed E-state index contributed by atoms with van der Waals surface area (Å²) in [5.41, 5.74) is 4.78. The van der Waals surface area contributed by atoms with Crippen LogP contribution in [0.15, 0.2) is 30.3 Å². The van der Waals surface area contributed by atoms with E-state index >= 15 is 0 Å². The zero-order valence-electron chi connectivity index (χ0n) is 18.6. The second-order valence-electron chi connectivity index (χ2n) is 7.95. The molecule has 0 bridgehead atoms. The molecule has 0 spiro atoms. The second-order valence-corrected chi connectivity index (χ2v) is 7.95. The number of methoxy groups -OCH3 is 1. The van der Waals surface area contributed by atoms with E-state index < -0.39 is 0 Å². The van der Waals surface area contributed by atoms with Crippen molar-refractivity contribution in [2.45, 2.75) is 13.5 Å². The van der Waals surface area contributed by atoms with Crippen LogP contribution in [0.25, 0.3) is 22.2 Å². The Bertz CT molecular complexity index is 1050. The third-order valence-corrected chi connectivity index (χ3v) is 5.85. The Labute approximate surface area is 182 Å². The summed E-state index contributed by atoms with van der Waals surface area (Å²) in [4.78, 5) is 14.9. The maximum atomic E-state index is 12.6. The van der Waals surface area contributed by atoms with Gasteiger partial charge in [0.2, 0.25) is 0 Å². The standard InChI is InChI=1S/C23H31N5O3/c1-17-14-19-15-18(4-5-21(19)28(17)10-11-30-3)22-16-20(25-26(22)2)23(29)24-6-7-27-8-12-31-13-9-27/h4-5,14-16H,6-13H2,1-3H3,(H,24,29). The predicted octanol–water partition coefficient (Wildman–Crippen LogP) is 2.06. The number of carbonyl (C=O) groups excluding carboxylic acids is 1. The highest BCUT2D eigenvalue weighted by atomic mass is 16.5. The van der Waals surface area contributed by atoms with Crippen LogP contribution in [0.2, 0.25) is 0 Å². The molecular formula is C23H31N5O3. The fourth-order valence-electron chi connectivity index (χ4n) is 4.14. The molecule has 1 amide bonds. The Morgan fingerprint density at radius 3 is 2.77 bits per heavy atom. The van der Waals surface area contributed by atoms with Crippen molar-refractivity contribution in [2.75, 3.05) is 53.1 Å². The molecule has 2 aromatic heterocycles. The molecule has 1 aromatic carbocycles. The Morgan fingerprint density at radius 2 is 2.00 bits per heavy atom. The number of hydrogen-bond donors (Lipinski definition) is 1. The van der Waals surface area contributed by atoms with Crippen molar-refractivity contribution in [3.63, 3.8) is 0 Å². The van der Waals surface area contributed by atoms with E-state index in [1.807, 2.05) is 13.1 Å². The fourth-order valence-corrected chi connectivity index (χ4v) is 4.14. The molecule has 1 aliphatic rings. The van der Waals surface area contributed by atoms with Gasteiger partial charge in [-0.25, -0.2) is 0 Å². The monoisotopic (exact) mass is 425 g/mol. The first-order valence-electron chi connectivity index (χ1n) is 10.8. The molecule has 0 aliphatic carbocycles. The Kier molecular flexibility index (Phi) is 6.70. The number of hydrogen-bond acceptors (Lipinski definition) is 5. The lowest BCUT2D eigenvalue weighted by molar-refractivity contribution is 0.0383. The summed E-state index contributed by atoms with van der Waals surface area (Å²) < 4.78 is 14.6. The number of benzene rings is 1. The number of aryl methyl sites for hydroxylation is 2.